The number of ether oxygens (including phenoxy) is 4. The van der Waals surface area contributed by atoms with Crippen LogP contribution in [0.2, 0.25) is 0 Å². The van der Waals surface area contributed by atoms with E-state index in [0.29, 0.717) is 47.2 Å². The standard InChI is InChI=1S/C87H88N4O6/c1-9-13-47-88(48-14-10-2)67-43-45-73-81(53-67)94-79-51-59(5)77(55-75(79)86(73)71-33-25-23-31-69(71)83(92)96-86)90(57-61-27-19-17-20-28-61)65-39-35-63(36-40-65)85(7,8)64-37-41-66(42-38-64)91(58-62-29-21-18-22-30-62)78-56-76-80(52-60(78)6)95-82-54-68(89(49-15-11-3)50-16-12-4)44-46-74(82)87(76)72-34-26-24-32-70(72)84(93)97-87/h17-46,51-56H,9-16,47-50,57-58H2,1-8H3. The number of hydrogen-bond acceptors (Lipinski definition) is 10. The van der Waals surface area contributed by atoms with E-state index >= 15 is 0 Å². The molecular weight excluding hydrogens is 1200 g/mol. The zero-order chi connectivity index (χ0) is 67.0. The van der Waals surface area contributed by atoms with Crippen molar-refractivity contribution in [1.29, 1.82) is 0 Å². The average molecular weight is 1290 g/mol. The molecule has 0 amide bonds. The van der Waals surface area contributed by atoms with Gasteiger partial charge in [-0.3, -0.25) is 0 Å². The van der Waals surface area contributed by atoms with Gasteiger partial charge in [0.2, 0.25) is 0 Å². The lowest BCUT2D eigenvalue weighted by molar-refractivity contribution is 0.0214. The Bertz CT molecular complexity index is 4240. The van der Waals surface area contributed by atoms with Crippen molar-refractivity contribution in [3.05, 3.63) is 296 Å². The largest absolute Gasteiger partial charge is 0.456 e. The topological polar surface area (TPSA) is 84.0 Å². The molecule has 14 rings (SSSR count). The molecule has 2 atom stereocenters. The summed E-state index contributed by atoms with van der Waals surface area (Å²) in [4.78, 5) is 38.2. The van der Waals surface area contributed by atoms with Crippen LogP contribution in [0.25, 0.3) is 0 Å². The van der Waals surface area contributed by atoms with Crippen molar-refractivity contribution in [2.75, 3.05) is 45.8 Å². The van der Waals surface area contributed by atoms with E-state index in [4.69, 9.17) is 18.9 Å². The van der Waals surface area contributed by atoms with Gasteiger partial charge >= 0.3 is 11.9 Å². The van der Waals surface area contributed by atoms with E-state index in [1.54, 1.807) is 0 Å². The smallest absolute Gasteiger partial charge is 0.340 e. The monoisotopic (exact) mass is 1280 g/mol. The molecule has 0 radical (unpaired) electrons. The fourth-order valence-corrected chi connectivity index (χ4v) is 15.2. The second kappa shape index (κ2) is 26.9. The highest BCUT2D eigenvalue weighted by Gasteiger charge is 2.56. The average Bonchev–Trinajstić information content (AvgIpc) is 1.64. The number of benzene rings is 10. The van der Waals surface area contributed by atoms with Crippen molar-refractivity contribution in [2.45, 2.75) is 136 Å². The summed E-state index contributed by atoms with van der Waals surface area (Å²) in [6.07, 6.45) is 8.80. The molecule has 0 bridgehead atoms. The van der Waals surface area contributed by atoms with Gasteiger partial charge in [-0.1, -0.05) is 189 Å². The molecule has 0 fully saturated rings. The first-order chi connectivity index (χ1) is 47.3. The molecule has 0 saturated heterocycles. The minimum Gasteiger partial charge on any atom is -0.456 e. The summed E-state index contributed by atoms with van der Waals surface area (Å²) in [5, 5.41) is 0. The fraction of sp³-hybridized carbons (Fsp3) is 0.287. The first kappa shape index (κ1) is 64.3. The lowest BCUT2D eigenvalue weighted by atomic mass is 9.77. The van der Waals surface area contributed by atoms with Crippen LogP contribution >= 0.6 is 0 Å². The Balaban J connectivity index is 0.809. The Morgan fingerprint density at radius 3 is 1.07 bits per heavy atom. The van der Waals surface area contributed by atoms with Gasteiger partial charge in [0.05, 0.1) is 11.1 Å². The highest BCUT2D eigenvalue weighted by Crippen LogP contribution is 2.60. The molecule has 10 heteroatoms. The Morgan fingerprint density at radius 1 is 0.361 bits per heavy atom. The molecular formula is C87H88N4O6. The fourth-order valence-electron chi connectivity index (χ4n) is 15.2. The summed E-state index contributed by atoms with van der Waals surface area (Å²) in [6, 6.07) is 76.5. The van der Waals surface area contributed by atoms with Gasteiger partial charge in [0.15, 0.2) is 11.2 Å². The van der Waals surface area contributed by atoms with Gasteiger partial charge in [-0.15, -0.1) is 0 Å². The lowest BCUT2D eigenvalue weighted by Crippen LogP contribution is -2.34. The zero-order valence-corrected chi connectivity index (χ0v) is 57.4. The summed E-state index contributed by atoms with van der Waals surface area (Å²) in [7, 11) is 0. The highest BCUT2D eigenvalue weighted by atomic mass is 16.6. The van der Waals surface area contributed by atoms with Crippen LogP contribution in [-0.2, 0) is 39.2 Å². The zero-order valence-electron chi connectivity index (χ0n) is 57.4. The van der Waals surface area contributed by atoms with Crippen molar-refractivity contribution >= 4 is 46.1 Å². The summed E-state index contributed by atoms with van der Waals surface area (Å²) >= 11 is 0. The minimum atomic E-state index is -1.24. The first-order valence-electron chi connectivity index (χ1n) is 35.2. The highest BCUT2D eigenvalue weighted by molar-refractivity contribution is 5.98. The number of fused-ring (bicyclic) bond motifs is 12. The van der Waals surface area contributed by atoms with Gasteiger partial charge in [0, 0.05) is 124 Å². The molecule has 0 N–H and O–H groups in total. The molecule has 0 aromatic heterocycles. The summed E-state index contributed by atoms with van der Waals surface area (Å²) in [5.41, 5.74) is 16.0. The number of hydrogen-bond donors (Lipinski definition) is 0. The first-order valence-corrected chi connectivity index (χ1v) is 35.2. The molecule has 10 nitrogen and oxygen atoms in total. The third kappa shape index (κ3) is 11.7. The molecule has 492 valence electrons. The molecule has 0 saturated carbocycles. The van der Waals surface area contributed by atoms with Crippen molar-refractivity contribution in [3.63, 3.8) is 0 Å². The van der Waals surface area contributed by atoms with Crippen LogP contribution in [0.1, 0.15) is 180 Å². The van der Waals surface area contributed by atoms with E-state index < -0.39 is 16.6 Å². The quantitative estimate of drug-likeness (QED) is 0.0546. The number of nitrogens with zero attached hydrogens (tertiary/aromatic N) is 4. The molecule has 0 aliphatic carbocycles. The number of unbranched alkanes of at least 4 members (excludes halogenated alkanes) is 4. The van der Waals surface area contributed by atoms with Gasteiger partial charge in [-0.25, -0.2) is 9.59 Å². The Kier molecular flexibility index (Phi) is 17.8. The molecule has 4 aliphatic rings. The van der Waals surface area contributed by atoms with Crippen LogP contribution in [-0.4, -0.2) is 38.1 Å². The number of anilines is 6. The molecule has 4 aliphatic heterocycles. The lowest BCUT2D eigenvalue weighted by Gasteiger charge is -2.39. The van der Waals surface area contributed by atoms with Gasteiger partial charge in [0.25, 0.3) is 0 Å². The van der Waals surface area contributed by atoms with Crippen LogP contribution in [0.4, 0.5) is 34.1 Å². The van der Waals surface area contributed by atoms with E-state index in [0.717, 1.165) is 178 Å². The van der Waals surface area contributed by atoms with Gasteiger partial charge < -0.3 is 38.5 Å². The number of aryl methyl sites for hydroxylation is 2. The number of esters is 2. The molecule has 97 heavy (non-hydrogen) atoms. The third-order valence-corrected chi connectivity index (χ3v) is 20.6. The van der Waals surface area contributed by atoms with Crippen LogP contribution < -0.4 is 29.1 Å². The van der Waals surface area contributed by atoms with Gasteiger partial charge in [-0.2, -0.15) is 0 Å². The van der Waals surface area contributed by atoms with Crippen molar-refractivity contribution < 1.29 is 28.5 Å². The van der Waals surface area contributed by atoms with E-state index in [1.165, 1.54) is 0 Å². The van der Waals surface area contributed by atoms with E-state index in [2.05, 4.69) is 245 Å². The van der Waals surface area contributed by atoms with Crippen LogP contribution in [0, 0.1) is 13.8 Å². The van der Waals surface area contributed by atoms with E-state index in [9.17, 15) is 9.59 Å². The maximum atomic E-state index is 14.2. The van der Waals surface area contributed by atoms with Crippen LogP contribution in [0.3, 0.4) is 0 Å². The summed E-state index contributed by atoms with van der Waals surface area (Å²) < 4.78 is 27.8. The second-order valence-electron chi connectivity index (χ2n) is 27.3. The maximum absolute atomic E-state index is 14.2. The van der Waals surface area contributed by atoms with Crippen molar-refractivity contribution in [1.82, 2.24) is 0 Å². The third-order valence-electron chi connectivity index (χ3n) is 20.6. The summed E-state index contributed by atoms with van der Waals surface area (Å²) in [6.45, 7) is 22.8. The Hall–Kier alpha value is -10.1. The summed E-state index contributed by atoms with van der Waals surface area (Å²) in [5.74, 6) is 2.04. The van der Waals surface area contributed by atoms with Crippen LogP contribution in [0.15, 0.2) is 218 Å². The van der Waals surface area contributed by atoms with E-state index in [1.807, 2.05) is 48.5 Å². The van der Waals surface area contributed by atoms with Crippen molar-refractivity contribution in [3.8, 4) is 23.0 Å². The number of rotatable bonds is 24. The SMILES string of the molecule is CCCCN(CCCC)c1ccc2c(c1)Oc1cc(C)c(N(Cc3ccccc3)c3ccc(C(C)(C)c4ccc(N(Cc5ccccc5)c5cc6c(cc5C)Oc5cc(N(CCCC)CCCC)ccc5C65OC(=O)c6ccccc65)cc4)cc3)cc1C21OC(=O)c2ccccc21. The predicted octanol–water partition coefficient (Wildman–Crippen LogP) is 21.3. The Labute approximate surface area is 573 Å². The molecule has 10 aromatic carbocycles. The minimum absolute atomic E-state index is 0.349. The molecule has 2 unspecified atom stereocenters. The van der Waals surface area contributed by atoms with Gasteiger partial charge in [-0.05, 0) is 158 Å². The van der Waals surface area contributed by atoms with Gasteiger partial charge in [0.1, 0.15) is 23.0 Å². The molecule has 10 aromatic rings. The Morgan fingerprint density at radius 2 is 0.701 bits per heavy atom. The molecule has 2 spiro atoms. The van der Waals surface area contributed by atoms with E-state index in [-0.39, 0.29) is 11.9 Å². The predicted molar refractivity (Wildman–Crippen MR) is 393 cm³/mol. The molecule has 4 heterocycles. The maximum Gasteiger partial charge on any atom is 0.340 e. The number of carbonyl (C=O) groups excluding carboxylic acids is 2. The van der Waals surface area contributed by atoms with Crippen LogP contribution in [0.5, 0.6) is 23.0 Å². The normalized spacial score (nSPS) is 16.0. The number of carbonyl (C=O) groups is 2. The van der Waals surface area contributed by atoms with Crippen molar-refractivity contribution in [2.24, 2.45) is 0 Å². The second-order valence-corrected chi connectivity index (χ2v) is 27.3.